The van der Waals surface area contributed by atoms with Gasteiger partial charge in [-0.25, -0.2) is 0 Å². The summed E-state index contributed by atoms with van der Waals surface area (Å²) in [6.45, 7) is 2.19. The average Bonchev–Trinajstić information content (AvgIpc) is 2.95. The lowest BCUT2D eigenvalue weighted by Gasteiger charge is -2.27. The summed E-state index contributed by atoms with van der Waals surface area (Å²) in [6, 6.07) is 10.9. The number of thiophene rings is 1. The molecule has 108 valence electrons. The molecule has 0 saturated carbocycles. The maximum atomic E-state index is 5.97. The van der Waals surface area contributed by atoms with Gasteiger partial charge in [-0.2, -0.15) is 11.3 Å². The van der Waals surface area contributed by atoms with Crippen LogP contribution in [0.5, 0.6) is 0 Å². The van der Waals surface area contributed by atoms with Gasteiger partial charge in [-0.05, 0) is 40.6 Å². The molecular weight excluding hydrogens is 268 g/mol. The van der Waals surface area contributed by atoms with Crippen LogP contribution in [0.1, 0.15) is 22.7 Å². The monoisotopic (exact) mass is 290 g/mol. The summed E-state index contributed by atoms with van der Waals surface area (Å²) in [6.07, 6.45) is 0. The van der Waals surface area contributed by atoms with Gasteiger partial charge in [0.2, 0.25) is 0 Å². The van der Waals surface area contributed by atoms with Crippen molar-refractivity contribution in [1.29, 1.82) is 0 Å². The largest absolute Gasteiger partial charge is 0.380 e. The third kappa shape index (κ3) is 3.90. The van der Waals surface area contributed by atoms with Gasteiger partial charge < -0.3 is 10.5 Å². The zero-order valence-electron chi connectivity index (χ0n) is 12.1. The molecule has 0 amide bonds. The number of methoxy groups -OCH3 is 1. The highest BCUT2D eigenvalue weighted by Gasteiger charge is 2.15. The summed E-state index contributed by atoms with van der Waals surface area (Å²) in [5.74, 6) is 0. The van der Waals surface area contributed by atoms with Crippen molar-refractivity contribution in [2.75, 3.05) is 20.7 Å². The minimum atomic E-state index is 0.242. The molecule has 1 heterocycles. The number of likely N-dealkylation sites (N-methyl/N-ethyl adjacent to an activating group) is 1. The molecule has 2 rings (SSSR count). The van der Waals surface area contributed by atoms with E-state index < -0.39 is 0 Å². The lowest BCUT2D eigenvalue weighted by atomic mass is 10.0. The summed E-state index contributed by atoms with van der Waals surface area (Å²) in [4.78, 5) is 2.30. The van der Waals surface area contributed by atoms with Crippen LogP contribution < -0.4 is 5.73 Å². The van der Waals surface area contributed by atoms with Crippen LogP contribution in [-0.4, -0.2) is 25.6 Å². The van der Waals surface area contributed by atoms with E-state index in [0.717, 1.165) is 6.54 Å². The molecule has 0 fully saturated rings. The number of ether oxygens (including phenoxy) is 1. The standard InChI is InChI=1S/C16H22N2OS/c1-18(10-14-7-8-20-12-14)16(9-17)15-5-3-13(4-6-15)11-19-2/h3-8,12,16H,9-11,17H2,1-2H3. The lowest BCUT2D eigenvalue weighted by Crippen LogP contribution is -2.30. The van der Waals surface area contributed by atoms with E-state index in [1.807, 2.05) is 0 Å². The van der Waals surface area contributed by atoms with Crippen molar-refractivity contribution in [3.05, 3.63) is 57.8 Å². The van der Waals surface area contributed by atoms with Gasteiger partial charge in [0.1, 0.15) is 0 Å². The Morgan fingerprint density at radius 1 is 1.20 bits per heavy atom. The summed E-state index contributed by atoms with van der Waals surface area (Å²) in [7, 11) is 3.84. The van der Waals surface area contributed by atoms with Crippen LogP contribution in [0.15, 0.2) is 41.1 Å². The van der Waals surface area contributed by atoms with Crippen molar-refractivity contribution in [3.8, 4) is 0 Å². The molecule has 2 aromatic rings. The highest BCUT2D eigenvalue weighted by Crippen LogP contribution is 2.21. The predicted octanol–water partition coefficient (Wildman–Crippen LogP) is 3.03. The van der Waals surface area contributed by atoms with Gasteiger partial charge in [-0.15, -0.1) is 0 Å². The van der Waals surface area contributed by atoms with Crippen molar-refractivity contribution in [2.24, 2.45) is 5.73 Å². The van der Waals surface area contributed by atoms with Gasteiger partial charge in [-0.1, -0.05) is 24.3 Å². The van der Waals surface area contributed by atoms with Crippen molar-refractivity contribution in [2.45, 2.75) is 19.2 Å². The van der Waals surface area contributed by atoms with Crippen molar-refractivity contribution in [3.63, 3.8) is 0 Å². The molecule has 0 bridgehead atoms. The molecule has 0 aliphatic heterocycles. The molecular formula is C16H22N2OS. The van der Waals surface area contributed by atoms with E-state index >= 15 is 0 Å². The summed E-state index contributed by atoms with van der Waals surface area (Å²) in [5.41, 5.74) is 9.75. The van der Waals surface area contributed by atoms with E-state index in [2.05, 4.69) is 53.0 Å². The van der Waals surface area contributed by atoms with E-state index in [9.17, 15) is 0 Å². The zero-order chi connectivity index (χ0) is 14.4. The number of hydrogen-bond donors (Lipinski definition) is 1. The predicted molar refractivity (Wildman–Crippen MR) is 84.7 cm³/mol. The molecule has 0 aliphatic carbocycles. The number of nitrogens with two attached hydrogens (primary N) is 1. The highest BCUT2D eigenvalue weighted by molar-refractivity contribution is 7.07. The van der Waals surface area contributed by atoms with Gasteiger partial charge in [0.05, 0.1) is 6.61 Å². The molecule has 2 N–H and O–H groups in total. The van der Waals surface area contributed by atoms with E-state index in [1.165, 1.54) is 16.7 Å². The quantitative estimate of drug-likeness (QED) is 0.852. The maximum Gasteiger partial charge on any atom is 0.0713 e. The van der Waals surface area contributed by atoms with Crippen LogP contribution in [0.3, 0.4) is 0 Å². The first kappa shape index (κ1) is 15.2. The van der Waals surface area contributed by atoms with Crippen LogP contribution in [0.2, 0.25) is 0 Å². The van der Waals surface area contributed by atoms with E-state index in [4.69, 9.17) is 10.5 Å². The second-order valence-corrected chi connectivity index (χ2v) is 5.75. The zero-order valence-corrected chi connectivity index (χ0v) is 12.9. The first-order chi connectivity index (χ1) is 9.74. The van der Waals surface area contributed by atoms with Gasteiger partial charge in [0.25, 0.3) is 0 Å². The minimum Gasteiger partial charge on any atom is -0.380 e. The Labute approximate surface area is 125 Å². The Bertz CT molecular complexity index is 496. The Morgan fingerprint density at radius 2 is 1.95 bits per heavy atom. The van der Waals surface area contributed by atoms with Crippen molar-refractivity contribution >= 4 is 11.3 Å². The molecule has 1 aromatic heterocycles. The molecule has 1 unspecified atom stereocenters. The fraction of sp³-hybridized carbons (Fsp3) is 0.375. The Balaban J connectivity index is 2.06. The Hall–Kier alpha value is -1.20. The van der Waals surface area contributed by atoms with Gasteiger partial charge >= 0.3 is 0 Å². The van der Waals surface area contributed by atoms with E-state index in [0.29, 0.717) is 13.2 Å². The third-order valence-corrected chi connectivity index (χ3v) is 4.17. The average molecular weight is 290 g/mol. The number of hydrogen-bond acceptors (Lipinski definition) is 4. The second-order valence-electron chi connectivity index (χ2n) is 4.97. The van der Waals surface area contributed by atoms with Crippen LogP contribution in [0.4, 0.5) is 0 Å². The fourth-order valence-electron chi connectivity index (χ4n) is 2.35. The maximum absolute atomic E-state index is 5.97. The summed E-state index contributed by atoms with van der Waals surface area (Å²) in [5, 5.41) is 4.30. The molecule has 1 atom stereocenters. The van der Waals surface area contributed by atoms with E-state index in [-0.39, 0.29) is 6.04 Å². The molecule has 20 heavy (non-hydrogen) atoms. The molecule has 0 aliphatic rings. The SMILES string of the molecule is COCc1ccc(C(CN)N(C)Cc2ccsc2)cc1. The Kier molecular flexibility index (Phi) is 5.73. The van der Waals surface area contributed by atoms with Crippen LogP contribution in [0, 0.1) is 0 Å². The summed E-state index contributed by atoms with van der Waals surface area (Å²) >= 11 is 1.73. The van der Waals surface area contributed by atoms with Crippen LogP contribution in [0.25, 0.3) is 0 Å². The van der Waals surface area contributed by atoms with Crippen molar-refractivity contribution in [1.82, 2.24) is 4.90 Å². The second kappa shape index (κ2) is 7.55. The number of nitrogens with zero attached hydrogens (tertiary/aromatic N) is 1. The molecule has 0 saturated heterocycles. The topological polar surface area (TPSA) is 38.5 Å². The number of benzene rings is 1. The third-order valence-electron chi connectivity index (χ3n) is 3.44. The Morgan fingerprint density at radius 3 is 2.50 bits per heavy atom. The minimum absolute atomic E-state index is 0.242. The highest BCUT2D eigenvalue weighted by atomic mass is 32.1. The van der Waals surface area contributed by atoms with Gasteiger partial charge in [-0.3, -0.25) is 4.90 Å². The normalized spacial score (nSPS) is 12.8. The van der Waals surface area contributed by atoms with E-state index in [1.54, 1.807) is 18.4 Å². The van der Waals surface area contributed by atoms with Gasteiger partial charge in [0, 0.05) is 26.2 Å². The van der Waals surface area contributed by atoms with Gasteiger partial charge in [0.15, 0.2) is 0 Å². The molecule has 4 heteroatoms. The smallest absolute Gasteiger partial charge is 0.0713 e. The van der Waals surface area contributed by atoms with Crippen LogP contribution >= 0.6 is 11.3 Å². The molecule has 0 radical (unpaired) electrons. The van der Waals surface area contributed by atoms with Crippen molar-refractivity contribution < 1.29 is 4.74 Å². The molecule has 1 aromatic carbocycles. The summed E-state index contributed by atoms with van der Waals surface area (Å²) < 4.78 is 5.14. The molecule has 3 nitrogen and oxygen atoms in total. The first-order valence-electron chi connectivity index (χ1n) is 6.73. The fourth-order valence-corrected chi connectivity index (χ4v) is 3.01. The lowest BCUT2D eigenvalue weighted by molar-refractivity contribution is 0.185. The number of rotatable bonds is 7. The van der Waals surface area contributed by atoms with Crippen LogP contribution in [-0.2, 0) is 17.9 Å². The first-order valence-corrected chi connectivity index (χ1v) is 7.68. The molecule has 0 spiro atoms.